The number of nitrogens with zero attached hydrogens (tertiary/aromatic N) is 2. The highest BCUT2D eigenvalue weighted by molar-refractivity contribution is 6.22. The number of methoxy groups -OCH3 is 1. The van der Waals surface area contributed by atoms with Crippen LogP contribution >= 0.6 is 0 Å². The van der Waals surface area contributed by atoms with Crippen molar-refractivity contribution >= 4 is 29.3 Å². The first-order valence-electron chi connectivity index (χ1n) is 11.4. The number of hydrogen-bond acceptors (Lipinski definition) is 7. The number of imide groups is 1. The Kier molecular flexibility index (Phi) is 7.07. The Balaban J connectivity index is 1.36. The summed E-state index contributed by atoms with van der Waals surface area (Å²) in [5, 5.41) is 0. The molecule has 1 atom stereocenters. The molecule has 8 nitrogen and oxygen atoms in total. The molecule has 2 aromatic carbocycles. The molecule has 2 aromatic rings. The first-order chi connectivity index (χ1) is 16.4. The van der Waals surface area contributed by atoms with Crippen LogP contribution in [0.1, 0.15) is 46.9 Å². The summed E-state index contributed by atoms with van der Waals surface area (Å²) in [6.07, 6.45) is 2.22. The van der Waals surface area contributed by atoms with Crippen molar-refractivity contribution in [3.63, 3.8) is 0 Å². The highest BCUT2D eigenvalue weighted by Crippen LogP contribution is 2.28. The Morgan fingerprint density at radius 1 is 1.00 bits per heavy atom. The number of likely N-dealkylation sites (tertiary alicyclic amines) is 1. The SMILES string of the molecule is COc1cccc(C(=O)COC(=O)c2ccc(N3C(=O)CC(N4CCC(C)CC4)C3=O)cc2)c1. The first kappa shape index (κ1) is 23.6. The summed E-state index contributed by atoms with van der Waals surface area (Å²) in [5.74, 6) is -0.308. The van der Waals surface area contributed by atoms with Crippen molar-refractivity contribution in [3.8, 4) is 5.75 Å². The predicted molar refractivity (Wildman–Crippen MR) is 125 cm³/mol. The van der Waals surface area contributed by atoms with Crippen molar-refractivity contribution in [1.82, 2.24) is 4.90 Å². The van der Waals surface area contributed by atoms with Gasteiger partial charge in [0.05, 0.1) is 30.8 Å². The van der Waals surface area contributed by atoms with Gasteiger partial charge in [-0.2, -0.15) is 0 Å². The number of Topliss-reactive ketones (excluding diaryl/α,β-unsaturated/α-hetero) is 1. The number of carbonyl (C=O) groups is 4. The molecular formula is C26H28N2O6. The Bertz CT molecular complexity index is 1090. The Hall–Kier alpha value is -3.52. The largest absolute Gasteiger partial charge is 0.497 e. The van der Waals surface area contributed by atoms with Crippen LogP contribution in [0.5, 0.6) is 5.75 Å². The van der Waals surface area contributed by atoms with Crippen LogP contribution in [-0.2, 0) is 14.3 Å². The average Bonchev–Trinajstić information content (AvgIpc) is 3.16. The van der Waals surface area contributed by atoms with E-state index >= 15 is 0 Å². The highest BCUT2D eigenvalue weighted by atomic mass is 16.5. The smallest absolute Gasteiger partial charge is 0.338 e. The van der Waals surface area contributed by atoms with Gasteiger partial charge in [-0.15, -0.1) is 0 Å². The molecule has 0 bridgehead atoms. The monoisotopic (exact) mass is 464 g/mol. The van der Waals surface area contributed by atoms with E-state index in [4.69, 9.17) is 9.47 Å². The molecule has 0 N–H and O–H groups in total. The van der Waals surface area contributed by atoms with Crippen molar-refractivity contribution < 1.29 is 28.7 Å². The molecule has 1 unspecified atom stereocenters. The molecule has 2 fully saturated rings. The standard InChI is InChI=1S/C26H28N2O6/c1-17-10-12-27(13-11-17)22-15-24(30)28(25(22)31)20-8-6-18(7-9-20)26(32)34-16-23(29)19-4-3-5-21(14-19)33-2/h3-9,14,17,22H,10-13,15-16H2,1-2H3. The second-order valence-electron chi connectivity index (χ2n) is 8.78. The lowest BCUT2D eigenvalue weighted by atomic mass is 9.97. The second-order valence-corrected chi connectivity index (χ2v) is 8.78. The summed E-state index contributed by atoms with van der Waals surface area (Å²) in [6.45, 7) is 3.43. The lowest BCUT2D eigenvalue weighted by Crippen LogP contribution is -2.45. The van der Waals surface area contributed by atoms with Crippen molar-refractivity contribution in [3.05, 3.63) is 59.7 Å². The van der Waals surface area contributed by atoms with E-state index < -0.39 is 18.6 Å². The van der Waals surface area contributed by atoms with Crippen molar-refractivity contribution in [2.75, 3.05) is 31.7 Å². The van der Waals surface area contributed by atoms with Crippen LogP contribution in [0.4, 0.5) is 5.69 Å². The second kappa shape index (κ2) is 10.2. The number of rotatable bonds is 7. The van der Waals surface area contributed by atoms with Crippen LogP contribution in [0.3, 0.4) is 0 Å². The van der Waals surface area contributed by atoms with Crippen LogP contribution in [0.25, 0.3) is 0 Å². The van der Waals surface area contributed by atoms with Gasteiger partial charge in [-0.05, 0) is 68.2 Å². The lowest BCUT2D eigenvalue weighted by molar-refractivity contribution is -0.123. The van der Waals surface area contributed by atoms with E-state index in [1.54, 1.807) is 36.4 Å². The van der Waals surface area contributed by atoms with Gasteiger partial charge < -0.3 is 9.47 Å². The topological polar surface area (TPSA) is 93.2 Å². The van der Waals surface area contributed by atoms with E-state index in [0.29, 0.717) is 22.9 Å². The molecule has 4 rings (SSSR count). The zero-order valence-corrected chi connectivity index (χ0v) is 19.4. The zero-order chi connectivity index (χ0) is 24.2. The molecule has 0 saturated carbocycles. The molecular weight excluding hydrogens is 436 g/mol. The molecule has 34 heavy (non-hydrogen) atoms. The van der Waals surface area contributed by atoms with E-state index in [2.05, 4.69) is 11.8 Å². The first-order valence-corrected chi connectivity index (χ1v) is 11.4. The van der Waals surface area contributed by atoms with Crippen molar-refractivity contribution in [1.29, 1.82) is 0 Å². The molecule has 2 aliphatic rings. The third-order valence-electron chi connectivity index (χ3n) is 6.47. The molecule has 2 aliphatic heterocycles. The van der Waals surface area contributed by atoms with E-state index in [1.807, 2.05) is 0 Å². The van der Waals surface area contributed by atoms with Gasteiger partial charge in [0.1, 0.15) is 5.75 Å². The van der Waals surface area contributed by atoms with Crippen molar-refractivity contribution in [2.45, 2.75) is 32.2 Å². The number of amides is 2. The van der Waals surface area contributed by atoms with E-state index in [0.717, 1.165) is 25.9 Å². The van der Waals surface area contributed by atoms with Gasteiger partial charge in [-0.25, -0.2) is 9.69 Å². The van der Waals surface area contributed by atoms with Gasteiger partial charge >= 0.3 is 5.97 Å². The minimum atomic E-state index is -0.665. The molecule has 2 heterocycles. The van der Waals surface area contributed by atoms with Crippen molar-refractivity contribution in [2.24, 2.45) is 5.92 Å². The Morgan fingerprint density at radius 2 is 1.71 bits per heavy atom. The molecule has 2 saturated heterocycles. The number of esters is 1. The Labute approximate surface area is 198 Å². The summed E-state index contributed by atoms with van der Waals surface area (Å²) in [5.41, 5.74) is 1.03. The summed E-state index contributed by atoms with van der Waals surface area (Å²) in [7, 11) is 1.50. The summed E-state index contributed by atoms with van der Waals surface area (Å²) >= 11 is 0. The predicted octanol–water partition coefficient (Wildman–Crippen LogP) is 3.10. The third kappa shape index (κ3) is 5.02. The van der Waals surface area contributed by atoms with Crippen LogP contribution in [0.15, 0.2) is 48.5 Å². The number of carbonyl (C=O) groups excluding carboxylic acids is 4. The number of ketones is 1. The maximum absolute atomic E-state index is 13.0. The fraction of sp³-hybridized carbons (Fsp3) is 0.385. The highest BCUT2D eigenvalue weighted by Gasteiger charge is 2.43. The summed E-state index contributed by atoms with van der Waals surface area (Å²) in [4.78, 5) is 53.6. The van der Waals surface area contributed by atoms with Gasteiger partial charge in [0.15, 0.2) is 12.4 Å². The maximum atomic E-state index is 13.0. The molecule has 0 radical (unpaired) electrons. The summed E-state index contributed by atoms with van der Waals surface area (Å²) < 4.78 is 10.2. The van der Waals surface area contributed by atoms with Gasteiger partial charge in [-0.3, -0.25) is 19.3 Å². The number of piperidine rings is 1. The Morgan fingerprint density at radius 3 is 2.38 bits per heavy atom. The molecule has 0 aliphatic carbocycles. The van der Waals surface area contributed by atoms with E-state index in [1.165, 1.54) is 24.1 Å². The van der Waals surface area contributed by atoms with Crippen LogP contribution in [-0.4, -0.2) is 61.3 Å². The maximum Gasteiger partial charge on any atom is 0.338 e. The summed E-state index contributed by atoms with van der Waals surface area (Å²) in [6, 6.07) is 12.3. The molecule has 8 heteroatoms. The minimum absolute atomic E-state index is 0.170. The van der Waals surface area contributed by atoms with Gasteiger partial charge in [0.25, 0.3) is 5.91 Å². The van der Waals surface area contributed by atoms with Gasteiger partial charge in [0, 0.05) is 5.56 Å². The lowest BCUT2D eigenvalue weighted by Gasteiger charge is -2.33. The number of benzene rings is 2. The zero-order valence-electron chi connectivity index (χ0n) is 19.4. The molecule has 2 amide bonds. The third-order valence-corrected chi connectivity index (χ3v) is 6.47. The van der Waals surface area contributed by atoms with Gasteiger partial charge in [-0.1, -0.05) is 19.1 Å². The fourth-order valence-corrected chi connectivity index (χ4v) is 4.35. The van der Waals surface area contributed by atoms with E-state index in [9.17, 15) is 19.2 Å². The quantitative estimate of drug-likeness (QED) is 0.353. The number of hydrogen-bond donors (Lipinski definition) is 0. The molecule has 178 valence electrons. The van der Waals surface area contributed by atoms with Gasteiger partial charge in [0.2, 0.25) is 5.91 Å². The minimum Gasteiger partial charge on any atom is -0.497 e. The van der Waals surface area contributed by atoms with Crippen LogP contribution in [0.2, 0.25) is 0 Å². The molecule has 0 aromatic heterocycles. The number of anilines is 1. The fourth-order valence-electron chi connectivity index (χ4n) is 4.35. The normalized spacial score (nSPS) is 19.4. The molecule has 0 spiro atoms. The number of ether oxygens (including phenoxy) is 2. The van der Waals surface area contributed by atoms with E-state index in [-0.39, 0.29) is 29.6 Å². The average molecular weight is 465 g/mol. The van der Waals surface area contributed by atoms with Crippen LogP contribution in [0, 0.1) is 5.92 Å². The van der Waals surface area contributed by atoms with Crippen LogP contribution < -0.4 is 9.64 Å².